The van der Waals surface area contributed by atoms with Gasteiger partial charge in [-0.3, -0.25) is 4.57 Å². The van der Waals surface area contributed by atoms with Crippen molar-refractivity contribution < 1.29 is 0 Å². The van der Waals surface area contributed by atoms with Crippen molar-refractivity contribution in [3.05, 3.63) is 52.0 Å². The summed E-state index contributed by atoms with van der Waals surface area (Å²) in [7, 11) is 0. The van der Waals surface area contributed by atoms with Gasteiger partial charge in [-0.25, -0.2) is 4.98 Å². The van der Waals surface area contributed by atoms with E-state index in [-0.39, 0.29) is 0 Å². The molecule has 0 spiro atoms. The first-order chi connectivity index (χ1) is 9.08. The summed E-state index contributed by atoms with van der Waals surface area (Å²) in [5.41, 5.74) is 11.5. The van der Waals surface area contributed by atoms with Crippen molar-refractivity contribution in [3.8, 4) is 5.69 Å². The highest BCUT2D eigenvalue weighted by atomic mass is 79.9. The van der Waals surface area contributed by atoms with Gasteiger partial charge in [-0.2, -0.15) is 0 Å². The Morgan fingerprint density at radius 2 is 1.89 bits per heavy atom. The average Bonchev–Trinajstić information content (AvgIpc) is 2.70. The van der Waals surface area contributed by atoms with Gasteiger partial charge in [0.1, 0.15) is 0 Å². The standard InChI is InChI=1S/C15H14BrN3/c1-9-6-7-11(8-12(9)16)19-14-10(2)4-3-5-13(14)18-15(19)17/h3-8H,1-2H3,(H2,17,18). The molecule has 1 aromatic heterocycles. The molecule has 4 heteroatoms. The third kappa shape index (κ3) is 1.92. The van der Waals surface area contributed by atoms with E-state index in [2.05, 4.69) is 59.0 Å². The van der Waals surface area contributed by atoms with E-state index in [1.165, 1.54) is 11.1 Å². The van der Waals surface area contributed by atoms with Crippen molar-refractivity contribution in [2.45, 2.75) is 13.8 Å². The molecule has 0 aliphatic heterocycles. The average molecular weight is 316 g/mol. The van der Waals surface area contributed by atoms with Crippen LogP contribution in [0.1, 0.15) is 11.1 Å². The summed E-state index contributed by atoms with van der Waals surface area (Å²) in [6.45, 7) is 4.14. The van der Waals surface area contributed by atoms with E-state index in [0.29, 0.717) is 5.95 Å². The van der Waals surface area contributed by atoms with Crippen molar-refractivity contribution in [3.63, 3.8) is 0 Å². The molecular formula is C15H14BrN3. The predicted octanol–water partition coefficient (Wildman–Crippen LogP) is 3.99. The van der Waals surface area contributed by atoms with Crippen LogP contribution in [0.25, 0.3) is 16.7 Å². The molecule has 0 aliphatic carbocycles. The molecule has 2 N–H and O–H groups in total. The summed E-state index contributed by atoms with van der Waals surface area (Å²) >= 11 is 3.56. The molecule has 0 atom stereocenters. The van der Waals surface area contributed by atoms with Gasteiger partial charge in [0.15, 0.2) is 0 Å². The number of para-hydroxylation sites is 1. The molecule has 3 nitrogen and oxygen atoms in total. The maximum Gasteiger partial charge on any atom is 0.205 e. The van der Waals surface area contributed by atoms with Gasteiger partial charge in [0.2, 0.25) is 5.95 Å². The number of benzene rings is 2. The molecule has 1 heterocycles. The monoisotopic (exact) mass is 315 g/mol. The molecular weight excluding hydrogens is 302 g/mol. The molecule has 3 aromatic rings. The Balaban J connectivity index is 2.35. The van der Waals surface area contributed by atoms with E-state index in [4.69, 9.17) is 5.73 Å². The molecule has 0 saturated carbocycles. The molecule has 19 heavy (non-hydrogen) atoms. The van der Waals surface area contributed by atoms with Crippen LogP contribution in [0.3, 0.4) is 0 Å². The summed E-state index contributed by atoms with van der Waals surface area (Å²) in [5.74, 6) is 0.514. The van der Waals surface area contributed by atoms with Crippen molar-refractivity contribution in [1.82, 2.24) is 9.55 Å². The van der Waals surface area contributed by atoms with Gasteiger partial charge in [0.05, 0.1) is 16.7 Å². The fraction of sp³-hybridized carbons (Fsp3) is 0.133. The first kappa shape index (κ1) is 12.2. The number of nitrogens with zero attached hydrogens (tertiary/aromatic N) is 2. The van der Waals surface area contributed by atoms with Gasteiger partial charge < -0.3 is 5.73 Å². The Morgan fingerprint density at radius 1 is 1.11 bits per heavy atom. The van der Waals surface area contributed by atoms with Gasteiger partial charge in [-0.15, -0.1) is 0 Å². The third-order valence-electron chi connectivity index (χ3n) is 3.32. The summed E-state index contributed by atoms with van der Waals surface area (Å²) in [4.78, 5) is 4.43. The number of nitrogen functional groups attached to an aromatic ring is 1. The number of hydrogen-bond acceptors (Lipinski definition) is 2. The van der Waals surface area contributed by atoms with E-state index in [1.807, 2.05) is 16.7 Å². The SMILES string of the molecule is Cc1ccc(-n2c(N)nc3cccc(C)c32)cc1Br. The third-order valence-corrected chi connectivity index (χ3v) is 4.17. The largest absolute Gasteiger partial charge is 0.369 e. The second-order valence-electron chi connectivity index (χ2n) is 4.68. The maximum absolute atomic E-state index is 6.08. The lowest BCUT2D eigenvalue weighted by atomic mass is 10.2. The summed E-state index contributed by atoms with van der Waals surface area (Å²) in [5, 5.41) is 0. The minimum atomic E-state index is 0.514. The number of aryl methyl sites for hydroxylation is 2. The lowest BCUT2D eigenvalue weighted by Crippen LogP contribution is -2.01. The maximum atomic E-state index is 6.08. The van der Waals surface area contributed by atoms with Crippen LogP contribution in [0.2, 0.25) is 0 Å². The highest BCUT2D eigenvalue weighted by Gasteiger charge is 2.12. The topological polar surface area (TPSA) is 43.8 Å². The predicted molar refractivity (Wildman–Crippen MR) is 82.7 cm³/mol. The van der Waals surface area contributed by atoms with Crippen molar-refractivity contribution in [2.75, 3.05) is 5.73 Å². The molecule has 0 fully saturated rings. The van der Waals surface area contributed by atoms with Crippen molar-refractivity contribution in [2.24, 2.45) is 0 Å². The van der Waals surface area contributed by atoms with Crippen LogP contribution < -0.4 is 5.73 Å². The van der Waals surface area contributed by atoms with E-state index in [9.17, 15) is 0 Å². The number of fused-ring (bicyclic) bond motifs is 1. The number of aromatic nitrogens is 2. The van der Waals surface area contributed by atoms with E-state index < -0.39 is 0 Å². The normalized spacial score (nSPS) is 11.1. The Bertz CT molecular complexity index is 774. The molecule has 0 bridgehead atoms. The highest BCUT2D eigenvalue weighted by molar-refractivity contribution is 9.10. The van der Waals surface area contributed by atoms with E-state index >= 15 is 0 Å². The number of hydrogen-bond donors (Lipinski definition) is 1. The minimum absolute atomic E-state index is 0.514. The Hall–Kier alpha value is -1.81. The second kappa shape index (κ2) is 4.38. The van der Waals surface area contributed by atoms with Crippen LogP contribution in [0.4, 0.5) is 5.95 Å². The quantitative estimate of drug-likeness (QED) is 0.738. The van der Waals surface area contributed by atoms with Crippen molar-refractivity contribution >= 4 is 32.9 Å². The van der Waals surface area contributed by atoms with Gasteiger partial charge >= 0.3 is 0 Å². The molecule has 0 unspecified atom stereocenters. The fourth-order valence-electron chi connectivity index (χ4n) is 2.29. The van der Waals surface area contributed by atoms with Crippen LogP contribution in [0.15, 0.2) is 40.9 Å². The first-order valence-corrected chi connectivity index (χ1v) is 6.87. The molecule has 2 aromatic carbocycles. The zero-order valence-corrected chi connectivity index (χ0v) is 12.4. The molecule has 0 saturated heterocycles. The molecule has 96 valence electrons. The second-order valence-corrected chi connectivity index (χ2v) is 5.54. The highest BCUT2D eigenvalue weighted by Crippen LogP contribution is 2.28. The van der Waals surface area contributed by atoms with Crippen LogP contribution >= 0.6 is 15.9 Å². The fourth-order valence-corrected chi connectivity index (χ4v) is 2.66. The van der Waals surface area contributed by atoms with E-state index in [0.717, 1.165) is 21.2 Å². The number of anilines is 1. The summed E-state index contributed by atoms with van der Waals surface area (Å²) in [6, 6.07) is 12.3. The lowest BCUT2D eigenvalue weighted by molar-refractivity contribution is 1.10. The summed E-state index contributed by atoms with van der Waals surface area (Å²) in [6.07, 6.45) is 0. The number of halogens is 1. The Kier molecular flexibility index (Phi) is 2.82. The van der Waals surface area contributed by atoms with Gasteiger partial charge in [0.25, 0.3) is 0 Å². The smallest absolute Gasteiger partial charge is 0.205 e. The lowest BCUT2D eigenvalue weighted by Gasteiger charge is -2.09. The van der Waals surface area contributed by atoms with Crippen LogP contribution in [0.5, 0.6) is 0 Å². The van der Waals surface area contributed by atoms with Gasteiger partial charge in [0, 0.05) is 4.47 Å². The van der Waals surface area contributed by atoms with Crippen LogP contribution in [0, 0.1) is 13.8 Å². The van der Waals surface area contributed by atoms with Gasteiger partial charge in [-0.1, -0.05) is 34.1 Å². The molecule has 3 rings (SSSR count). The minimum Gasteiger partial charge on any atom is -0.369 e. The molecule has 0 radical (unpaired) electrons. The Labute approximate surface area is 120 Å². The number of nitrogens with two attached hydrogens (primary N) is 1. The zero-order chi connectivity index (χ0) is 13.6. The van der Waals surface area contributed by atoms with Crippen LogP contribution in [-0.2, 0) is 0 Å². The molecule has 0 aliphatic rings. The zero-order valence-electron chi connectivity index (χ0n) is 10.8. The van der Waals surface area contributed by atoms with E-state index in [1.54, 1.807) is 0 Å². The summed E-state index contributed by atoms with van der Waals surface area (Å²) < 4.78 is 3.06. The number of imidazole rings is 1. The first-order valence-electron chi connectivity index (χ1n) is 6.08. The number of rotatable bonds is 1. The van der Waals surface area contributed by atoms with Crippen molar-refractivity contribution in [1.29, 1.82) is 0 Å². The molecule has 0 amide bonds. The Morgan fingerprint density at radius 3 is 2.63 bits per heavy atom. The van der Waals surface area contributed by atoms with Gasteiger partial charge in [-0.05, 0) is 43.2 Å². The van der Waals surface area contributed by atoms with Crippen LogP contribution in [-0.4, -0.2) is 9.55 Å².